The van der Waals surface area contributed by atoms with E-state index in [-0.39, 0.29) is 36.4 Å². The van der Waals surface area contributed by atoms with E-state index in [1.807, 2.05) is 24.3 Å². The monoisotopic (exact) mass is 472 g/mol. The number of halogens is 1. The Morgan fingerprint density at radius 3 is 2.50 bits per heavy atom. The molecule has 2 N–H and O–H groups in total. The van der Waals surface area contributed by atoms with E-state index in [0.717, 1.165) is 30.4 Å². The second kappa shape index (κ2) is 9.43. The molecule has 144 valence electrons. The highest BCUT2D eigenvalue weighted by Gasteiger charge is 2.43. The Balaban J connectivity index is 0.00000243. The van der Waals surface area contributed by atoms with Gasteiger partial charge in [-0.2, -0.15) is 0 Å². The minimum absolute atomic E-state index is 0. The van der Waals surface area contributed by atoms with Crippen molar-refractivity contribution in [3.8, 4) is 5.75 Å². The number of amides is 1. The average Bonchev–Trinajstić information content (AvgIpc) is 3.07. The fraction of sp³-hybridized carbons (Fsp3) is 0.579. The molecule has 3 rings (SSSR count). The molecule has 0 aromatic heterocycles. The number of rotatable bonds is 5. The first-order chi connectivity index (χ1) is 12.1. The molecule has 1 aromatic rings. The Morgan fingerprint density at radius 2 is 1.96 bits per heavy atom. The Morgan fingerprint density at radius 1 is 1.23 bits per heavy atom. The van der Waals surface area contributed by atoms with Crippen LogP contribution in [0.3, 0.4) is 0 Å². The zero-order valence-corrected chi connectivity index (χ0v) is 17.9. The molecular formula is C19H29IN4O2. The summed E-state index contributed by atoms with van der Waals surface area (Å²) in [6, 6.07) is 7.69. The maximum atomic E-state index is 12.1. The van der Waals surface area contributed by atoms with Crippen LogP contribution in [0.25, 0.3) is 0 Å². The third-order valence-electron chi connectivity index (χ3n) is 5.42. The van der Waals surface area contributed by atoms with Crippen molar-refractivity contribution in [2.75, 3.05) is 33.8 Å². The summed E-state index contributed by atoms with van der Waals surface area (Å²) in [4.78, 5) is 18.7. The number of aliphatic imine (C=N–C) groups is 1. The largest absolute Gasteiger partial charge is 0.497 e. The highest BCUT2D eigenvalue weighted by molar-refractivity contribution is 14.0. The van der Waals surface area contributed by atoms with Gasteiger partial charge in [-0.1, -0.05) is 18.6 Å². The summed E-state index contributed by atoms with van der Waals surface area (Å²) in [5.41, 5.74) is 1.57. The first-order valence-corrected chi connectivity index (χ1v) is 8.99. The topological polar surface area (TPSA) is 66.0 Å². The molecule has 2 fully saturated rings. The molecule has 1 heterocycles. The van der Waals surface area contributed by atoms with E-state index in [0.29, 0.717) is 12.0 Å². The van der Waals surface area contributed by atoms with E-state index in [9.17, 15) is 4.79 Å². The molecule has 1 aliphatic carbocycles. The summed E-state index contributed by atoms with van der Waals surface area (Å²) in [5, 5.41) is 6.12. The van der Waals surface area contributed by atoms with Crippen molar-refractivity contribution < 1.29 is 9.53 Å². The SMILES string of the molecule is CN=C(NCC(=O)NCc1ccc(OC)cc1)N1CCC2(CCC2)C1.I. The van der Waals surface area contributed by atoms with Crippen LogP contribution in [0.4, 0.5) is 0 Å². The van der Waals surface area contributed by atoms with Crippen LogP contribution in [-0.4, -0.2) is 50.6 Å². The molecule has 1 saturated carbocycles. The van der Waals surface area contributed by atoms with Crippen LogP contribution in [-0.2, 0) is 11.3 Å². The maximum absolute atomic E-state index is 12.1. The molecule has 7 heteroatoms. The molecule has 1 aliphatic heterocycles. The van der Waals surface area contributed by atoms with E-state index >= 15 is 0 Å². The standard InChI is InChI=1S/C19H28N4O2.HI/c1-20-18(23-11-10-19(14-23)8-3-9-19)22-13-17(24)21-12-15-4-6-16(25-2)7-5-15;/h4-7H,3,8-14H2,1-2H3,(H,20,22)(H,21,24);1H. The first-order valence-electron chi connectivity index (χ1n) is 8.99. The second-order valence-electron chi connectivity index (χ2n) is 7.05. The van der Waals surface area contributed by atoms with Crippen molar-refractivity contribution in [1.29, 1.82) is 0 Å². The lowest BCUT2D eigenvalue weighted by Crippen LogP contribution is -2.45. The van der Waals surface area contributed by atoms with Gasteiger partial charge >= 0.3 is 0 Å². The number of hydrogen-bond donors (Lipinski definition) is 2. The molecule has 0 radical (unpaired) electrons. The first kappa shape index (κ1) is 20.8. The van der Waals surface area contributed by atoms with Crippen molar-refractivity contribution in [2.24, 2.45) is 10.4 Å². The normalized spacial score (nSPS) is 18.1. The van der Waals surface area contributed by atoms with Gasteiger partial charge in [0.05, 0.1) is 13.7 Å². The highest BCUT2D eigenvalue weighted by atomic mass is 127. The molecule has 6 nitrogen and oxygen atoms in total. The Hall–Kier alpha value is -1.51. The average molecular weight is 472 g/mol. The van der Waals surface area contributed by atoms with Gasteiger partial charge in [-0.05, 0) is 42.4 Å². The van der Waals surface area contributed by atoms with Crippen molar-refractivity contribution in [1.82, 2.24) is 15.5 Å². The Bertz CT molecular complexity index is 629. The Labute approximate surface area is 172 Å². The van der Waals surface area contributed by atoms with Crippen LogP contribution >= 0.6 is 24.0 Å². The molecule has 1 spiro atoms. The maximum Gasteiger partial charge on any atom is 0.239 e. The van der Waals surface area contributed by atoms with Crippen molar-refractivity contribution in [2.45, 2.75) is 32.2 Å². The molecule has 2 aliphatic rings. The highest BCUT2D eigenvalue weighted by Crippen LogP contribution is 2.47. The van der Waals surface area contributed by atoms with Crippen molar-refractivity contribution in [3.05, 3.63) is 29.8 Å². The molecule has 26 heavy (non-hydrogen) atoms. The lowest BCUT2D eigenvalue weighted by molar-refractivity contribution is -0.120. The Kier molecular flexibility index (Phi) is 7.55. The number of ether oxygens (including phenoxy) is 1. The minimum atomic E-state index is -0.0328. The number of nitrogens with one attached hydrogen (secondary N) is 2. The van der Waals surface area contributed by atoms with E-state index in [2.05, 4.69) is 20.5 Å². The lowest BCUT2D eigenvalue weighted by atomic mass is 9.68. The number of hydrogen-bond acceptors (Lipinski definition) is 3. The fourth-order valence-electron chi connectivity index (χ4n) is 3.70. The predicted octanol–water partition coefficient (Wildman–Crippen LogP) is 2.38. The fourth-order valence-corrected chi connectivity index (χ4v) is 3.70. The molecule has 0 atom stereocenters. The number of carbonyl (C=O) groups excluding carboxylic acids is 1. The summed E-state index contributed by atoms with van der Waals surface area (Å²) in [6.45, 7) is 2.86. The summed E-state index contributed by atoms with van der Waals surface area (Å²) in [6.07, 6.45) is 5.27. The third-order valence-corrected chi connectivity index (χ3v) is 5.42. The molecule has 1 aromatic carbocycles. The summed E-state index contributed by atoms with van der Waals surface area (Å²) in [5.74, 6) is 1.62. The molecule has 1 amide bonds. The second-order valence-corrected chi connectivity index (χ2v) is 7.05. The van der Waals surface area contributed by atoms with Crippen LogP contribution in [0.15, 0.2) is 29.3 Å². The van der Waals surface area contributed by atoms with Gasteiger partial charge in [0, 0.05) is 26.7 Å². The van der Waals surface area contributed by atoms with Crippen LogP contribution in [0, 0.1) is 5.41 Å². The summed E-state index contributed by atoms with van der Waals surface area (Å²) >= 11 is 0. The van der Waals surface area contributed by atoms with Gasteiger partial charge < -0.3 is 20.3 Å². The van der Waals surface area contributed by atoms with Crippen LogP contribution in [0.2, 0.25) is 0 Å². The van der Waals surface area contributed by atoms with Crippen LogP contribution in [0.5, 0.6) is 5.75 Å². The number of carbonyl (C=O) groups is 1. The van der Waals surface area contributed by atoms with Gasteiger partial charge in [0.15, 0.2) is 5.96 Å². The smallest absolute Gasteiger partial charge is 0.239 e. The van der Waals surface area contributed by atoms with Gasteiger partial charge in [0.25, 0.3) is 0 Å². The molecule has 0 bridgehead atoms. The zero-order chi connectivity index (χ0) is 17.7. The predicted molar refractivity (Wildman–Crippen MR) is 114 cm³/mol. The molecule has 0 unspecified atom stereocenters. The summed E-state index contributed by atoms with van der Waals surface area (Å²) in [7, 11) is 3.42. The molecule has 1 saturated heterocycles. The van der Waals surface area contributed by atoms with Gasteiger partial charge in [-0.25, -0.2) is 0 Å². The number of methoxy groups -OCH3 is 1. The molecular weight excluding hydrogens is 443 g/mol. The van der Waals surface area contributed by atoms with Gasteiger partial charge in [0.2, 0.25) is 5.91 Å². The van der Waals surface area contributed by atoms with Gasteiger partial charge in [-0.15, -0.1) is 24.0 Å². The zero-order valence-electron chi connectivity index (χ0n) is 15.6. The lowest BCUT2D eigenvalue weighted by Gasteiger charge is -2.38. The number of nitrogens with zero attached hydrogens (tertiary/aromatic N) is 2. The number of likely N-dealkylation sites (tertiary alicyclic amines) is 1. The van der Waals surface area contributed by atoms with Crippen LogP contribution in [0.1, 0.15) is 31.2 Å². The van der Waals surface area contributed by atoms with Gasteiger partial charge in [0.1, 0.15) is 5.75 Å². The summed E-state index contributed by atoms with van der Waals surface area (Å²) < 4.78 is 5.13. The van der Waals surface area contributed by atoms with Crippen molar-refractivity contribution in [3.63, 3.8) is 0 Å². The van der Waals surface area contributed by atoms with Gasteiger partial charge in [-0.3, -0.25) is 9.79 Å². The minimum Gasteiger partial charge on any atom is -0.497 e. The van der Waals surface area contributed by atoms with E-state index < -0.39 is 0 Å². The number of guanidine groups is 1. The van der Waals surface area contributed by atoms with E-state index in [1.54, 1.807) is 14.2 Å². The third kappa shape index (κ3) is 5.02. The van der Waals surface area contributed by atoms with Crippen LogP contribution < -0.4 is 15.4 Å². The van der Waals surface area contributed by atoms with E-state index in [1.165, 1.54) is 25.7 Å². The van der Waals surface area contributed by atoms with E-state index in [4.69, 9.17) is 4.74 Å². The quantitative estimate of drug-likeness (QED) is 0.393. The van der Waals surface area contributed by atoms with Crippen molar-refractivity contribution >= 4 is 35.8 Å². The number of benzene rings is 1.